The third-order valence-corrected chi connectivity index (χ3v) is 5.09. The van der Waals surface area contributed by atoms with Crippen LogP contribution in [0.4, 0.5) is 11.4 Å². The van der Waals surface area contributed by atoms with Gasteiger partial charge < -0.3 is 15.0 Å². The Kier molecular flexibility index (Phi) is 6.57. The van der Waals surface area contributed by atoms with E-state index in [-0.39, 0.29) is 12.0 Å². The first-order chi connectivity index (χ1) is 13.5. The molecule has 5 heteroatoms. The third-order valence-electron chi connectivity index (χ3n) is 5.09. The molecular weight excluding hydrogens is 350 g/mol. The zero-order valence-electron chi connectivity index (χ0n) is 17.3. The van der Waals surface area contributed by atoms with Crippen LogP contribution in [0.2, 0.25) is 0 Å². The van der Waals surface area contributed by atoms with Crippen LogP contribution in [0.5, 0.6) is 5.75 Å². The Morgan fingerprint density at radius 3 is 2.68 bits per heavy atom. The van der Waals surface area contributed by atoms with E-state index in [0.29, 0.717) is 19.0 Å². The number of benzene rings is 2. The Balaban J connectivity index is 1.57. The molecule has 0 saturated carbocycles. The molecule has 1 atom stereocenters. The fourth-order valence-corrected chi connectivity index (χ4v) is 3.73. The van der Waals surface area contributed by atoms with E-state index >= 15 is 0 Å². The number of rotatable bonds is 7. The topological polar surface area (TPSA) is 44.8 Å². The van der Waals surface area contributed by atoms with E-state index in [1.807, 2.05) is 48.3 Å². The maximum atomic E-state index is 12.6. The summed E-state index contributed by atoms with van der Waals surface area (Å²) < 4.78 is 6.17. The highest BCUT2D eigenvalue weighted by Gasteiger charge is 2.26. The molecule has 5 nitrogen and oxygen atoms in total. The van der Waals surface area contributed by atoms with E-state index in [9.17, 15) is 4.79 Å². The molecule has 1 unspecified atom stereocenters. The van der Waals surface area contributed by atoms with Gasteiger partial charge in [-0.3, -0.25) is 9.69 Å². The number of anilines is 2. The van der Waals surface area contributed by atoms with Crippen LogP contribution in [0, 0.1) is 0 Å². The summed E-state index contributed by atoms with van der Waals surface area (Å²) >= 11 is 0. The van der Waals surface area contributed by atoms with E-state index in [4.69, 9.17) is 4.74 Å². The monoisotopic (exact) mass is 381 g/mol. The molecule has 1 N–H and O–H groups in total. The summed E-state index contributed by atoms with van der Waals surface area (Å²) in [6.45, 7) is 9.22. The van der Waals surface area contributed by atoms with Crippen LogP contribution in [-0.2, 0) is 4.79 Å². The van der Waals surface area contributed by atoms with Crippen LogP contribution in [0.25, 0.3) is 0 Å². The van der Waals surface area contributed by atoms with Gasteiger partial charge >= 0.3 is 0 Å². The Morgan fingerprint density at radius 2 is 1.93 bits per heavy atom. The number of hydrogen-bond donors (Lipinski definition) is 1. The largest absolute Gasteiger partial charge is 0.485 e. The first-order valence-corrected chi connectivity index (χ1v) is 10.1. The third kappa shape index (κ3) is 4.84. The van der Waals surface area contributed by atoms with E-state index in [1.54, 1.807) is 0 Å². The number of nitrogens with one attached hydrogen (secondary N) is 1. The van der Waals surface area contributed by atoms with Crippen molar-refractivity contribution in [2.24, 2.45) is 0 Å². The van der Waals surface area contributed by atoms with Crippen molar-refractivity contribution in [2.75, 3.05) is 43.4 Å². The first-order valence-electron chi connectivity index (χ1n) is 10.1. The van der Waals surface area contributed by atoms with Crippen molar-refractivity contribution >= 4 is 17.3 Å². The van der Waals surface area contributed by atoms with Gasteiger partial charge in [0.2, 0.25) is 5.91 Å². The number of para-hydroxylation sites is 3. The predicted octanol–water partition coefficient (Wildman–Crippen LogP) is 3.97. The second-order valence-corrected chi connectivity index (χ2v) is 7.73. The maximum Gasteiger partial charge on any atom is 0.238 e. The fourth-order valence-electron chi connectivity index (χ4n) is 3.73. The molecule has 1 aliphatic rings. The van der Waals surface area contributed by atoms with Crippen molar-refractivity contribution in [3.05, 3.63) is 54.1 Å². The van der Waals surface area contributed by atoms with Crippen molar-refractivity contribution in [1.82, 2.24) is 4.90 Å². The Bertz CT molecular complexity index is 806. The quantitative estimate of drug-likeness (QED) is 0.788. The SMILES string of the molecule is CCN1CC(CN(C)CC(=O)Nc2ccccc2C(C)C)Oc2ccccc21. The molecule has 1 heterocycles. The lowest BCUT2D eigenvalue weighted by Crippen LogP contribution is -2.46. The number of carbonyl (C=O) groups excluding carboxylic acids is 1. The predicted molar refractivity (Wildman–Crippen MR) is 115 cm³/mol. The first kappa shape index (κ1) is 20.2. The average Bonchev–Trinajstić information content (AvgIpc) is 2.67. The van der Waals surface area contributed by atoms with Gasteiger partial charge in [0.05, 0.1) is 18.8 Å². The molecule has 0 aliphatic carbocycles. The summed E-state index contributed by atoms with van der Waals surface area (Å²) in [7, 11) is 1.97. The number of likely N-dealkylation sites (N-methyl/N-ethyl adjacent to an activating group) is 2. The molecule has 28 heavy (non-hydrogen) atoms. The Morgan fingerprint density at radius 1 is 1.21 bits per heavy atom. The summed E-state index contributed by atoms with van der Waals surface area (Å²) in [5, 5.41) is 3.06. The molecule has 0 spiro atoms. The van der Waals surface area contributed by atoms with Crippen molar-refractivity contribution in [3.8, 4) is 5.75 Å². The van der Waals surface area contributed by atoms with Gasteiger partial charge in [-0.2, -0.15) is 0 Å². The van der Waals surface area contributed by atoms with Crippen LogP contribution < -0.4 is 15.0 Å². The van der Waals surface area contributed by atoms with Gasteiger partial charge in [0.25, 0.3) is 0 Å². The lowest BCUT2D eigenvalue weighted by Gasteiger charge is -2.37. The number of ether oxygens (including phenoxy) is 1. The standard InChI is InChI=1S/C23H31N3O2/c1-5-26-15-18(28-22-13-9-8-12-21(22)26)14-25(4)16-23(27)24-20-11-7-6-10-19(20)17(2)3/h6-13,17-18H,5,14-16H2,1-4H3,(H,24,27). The van der Waals surface area contributed by atoms with Gasteiger partial charge in [-0.05, 0) is 43.7 Å². The van der Waals surface area contributed by atoms with Gasteiger partial charge in [-0.15, -0.1) is 0 Å². The van der Waals surface area contributed by atoms with E-state index in [1.165, 1.54) is 0 Å². The second kappa shape index (κ2) is 9.11. The number of hydrogen-bond acceptors (Lipinski definition) is 4. The lowest BCUT2D eigenvalue weighted by atomic mass is 10.0. The minimum atomic E-state index is -0.000780. The number of amides is 1. The lowest BCUT2D eigenvalue weighted by molar-refractivity contribution is -0.117. The highest BCUT2D eigenvalue weighted by atomic mass is 16.5. The molecule has 2 aromatic carbocycles. The van der Waals surface area contributed by atoms with Gasteiger partial charge in [0.15, 0.2) is 0 Å². The molecule has 0 saturated heterocycles. The van der Waals surface area contributed by atoms with Crippen molar-refractivity contribution in [3.63, 3.8) is 0 Å². The molecule has 2 aromatic rings. The van der Waals surface area contributed by atoms with Gasteiger partial charge in [0.1, 0.15) is 11.9 Å². The normalized spacial score (nSPS) is 16.1. The van der Waals surface area contributed by atoms with Crippen LogP contribution in [0.1, 0.15) is 32.3 Å². The number of fused-ring (bicyclic) bond motifs is 1. The highest BCUT2D eigenvalue weighted by molar-refractivity contribution is 5.93. The molecule has 1 aliphatic heterocycles. The zero-order chi connectivity index (χ0) is 20.1. The minimum Gasteiger partial charge on any atom is -0.485 e. The molecule has 0 aromatic heterocycles. The molecule has 0 radical (unpaired) electrons. The summed E-state index contributed by atoms with van der Waals surface area (Å²) in [5.74, 6) is 1.29. The second-order valence-electron chi connectivity index (χ2n) is 7.73. The van der Waals surface area contributed by atoms with Gasteiger partial charge in [0, 0.05) is 18.8 Å². The van der Waals surface area contributed by atoms with Crippen LogP contribution >= 0.6 is 0 Å². The van der Waals surface area contributed by atoms with Crippen molar-refractivity contribution < 1.29 is 9.53 Å². The zero-order valence-corrected chi connectivity index (χ0v) is 17.3. The number of nitrogens with zero attached hydrogens (tertiary/aromatic N) is 2. The molecule has 0 bridgehead atoms. The van der Waals surface area contributed by atoms with E-state index in [2.05, 4.69) is 43.1 Å². The molecule has 3 rings (SSSR count). The van der Waals surface area contributed by atoms with E-state index < -0.39 is 0 Å². The fraction of sp³-hybridized carbons (Fsp3) is 0.435. The summed E-state index contributed by atoms with van der Waals surface area (Å²) in [4.78, 5) is 16.9. The Labute approximate surface area is 168 Å². The molecular formula is C23H31N3O2. The van der Waals surface area contributed by atoms with E-state index in [0.717, 1.165) is 35.8 Å². The van der Waals surface area contributed by atoms with Crippen molar-refractivity contribution in [1.29, 1.82) is 0 Å². The van der Waals surface area contributed by atoms with Gasteiger partial charge in [-0.1, -0.05) is 44.2 Å². The minimum absolute atomic E-state index is 0.000780. The average molecular weight is 382 g/mol. The number of carbonyl (C=O) groups is 1. The smallest absolute Gasteiger partial charge is 0.238 e. The summed E-state index contributed by atoms with van der Waals surface area (Å²) in [5.41, 5.74) is 3.20. The highest BCUT2D eigenvalue weighted by Crippen LogP contribution is 2.32. The summed E-state index contributed by atoms with van der Waals surface area (Å²) in [6.07, 6.45) is 0.0376. The van der Waals surface area contributed by atoms with Crippen LogP contribution in [0.3, 0.4) is 0 Å². The summed E-state index contributed by atoms with van der Waals surface area (Å²) in [6, 6.07) is 16.1. The van der Waals surface area contributed by atoms with Crippen molar-refractivity contribution in [2.45, 2.75) is 32.8 Å². The Hall–Kier alpha value is -2.53. The maximum absolute atomic E-state index is 12.6. The van der Waals surface area contributed by atoms with Crippen LogP contribution in [0.15, 0.2) is 48.5 Å². The molecule has 1 amide bonds. The van der Waals surface area contributed by atoms with Crippen LogP contribution in [-0.4, -0.2) is 50.1 Å². The van der Waals surface area contributed by atoms with Gasteiger partial charge in [-0.25, -0.2) is 0 Å². The molecule has 0 fully saturated rings. The molecule has 150 valence electrons.